The van der Waals surface area contributed by atoms with Gasteiger partial charge in [0.2, 0.25) is 0 Å². The van der Waals surface area contributed by atoms with E-state index < -0.39 is 0 Å². The molecule has 0 saturated carbocycles. The maximum atomic E-state index is 9.36. The van der Waals surface area contributed by atoms with E-state index in [4.69, 9.17) is 5.10 Å². The van der Waals surface area contributed by atoms with E-state index in [1.807, 2.05) is 71.6 Å². The number of hydrogen-bond acceptors (Lipinski definition) is 4. The second-order valence-corrected chi connectivity index (χ2v) is 5.98. The fraction of sp³-hybridized carbons (Fsp3) is 0.150. The van der Waals surface area contributed by atoms with Crippen molar-refractivity contribution in [3.05, 3.63) is 82.9 Å². The van der Waals surface area contributed by atoms with Crippen molar-refractivity contribution in [2.45, 2.75) is 19.4 Å². The molecular formula is C20H18N3O2+. The van der Waals surface area contributed by atoms with E-state index >= 15 is 0 Å². The van der Waals surface area contributed by atoms with Gasteiger partial charge >= 0.3 is 0 Å². The van der Waals surface area contributed by atoms with Crippen LogP contribution in [0.25, 0.3) is 0 Å². The third-order valence-corrected chi connectivity index (χ3v) is 4.30. The van der Waals surface area contributed by atoms with Crippen LogP contribution in [0.1, 0.15) is 22.3 Å². The molecule has 0 bridgehead atoms. The number of aliphatic imine (C=N–C) groups is 1. The lowest BCUT2D eigenvalue weighted by Crippen LogP contribution is -2.25. The molecule has 2 aromatic carbocycles. The lowest BCUT2D eigenvalue weighted by Gasteiger charge is -2.09. The minimum absolute atomic E-state index is 0.00403. The number of fused-ring (bicyclic) bond motifs is 1. The summed E-state index contributed by atoms with van der Waals surface area (Å²) < 4.78 is 1.89. The molecule has 2 heterocycles. The predicted octanol–water partition coefficient (Wildman–Crippen LogP) is 1.86. The Morgan fingerprint density at radius 2 is 1.60 bits per heavy atom. The first-order valence-electron chi connectivity index (χ1n) is 8.15. The molecule has 0 spiro atoms. The topological polar surface area (TPSA) is 68.2 Å². The van der Waals surface area contributed by atoms with Crippen LogP contribution in [0.2, 0.25) is 0 Å². The molecule has 0 amide bonds. The Hall–Kier alpha value is -2.89. The van der Waals surface area contributed by atoms with Crippen molar-refractivity contribution in [2.75, 3.05) is 0 Å². The number of hydrazone groups is 1. The Morgan fingerprint density at radius 3 is 2.32 bits per heavy atom. The van der Waals surface area contributed by atoms with Crippen LogP contribution >= 0.6 is 0 Å². The van der Waals surface area contributed by atoms with Crippen molar-refractivity contribution in [2.24, 2.45) is 10.1 Å². The molecule has 0 saturated heterocycles. The van der Waals surface area contributed by atoms with Crippen LogP contribution in [0, 0.1) is 0 Å². The van der Waals surface area contributed by atoms with Crippen molar-refractivity contribution in [1.29, 1.82) is 0 Å². The van der Waals surface area contributed by atoms with Crippen molar-refractivity contribution in [3.8, 4) is 0 Å². The molecule has 0 aromatic heterocycles. The molecule has 25 heavy (non-hydrogen) atoms. The second kappa shape index (κ2) is 6.55. The van der Waals surface area contributed by atoms with E-state index in [9.17, 15) is 10.2 Å². The first kappa shape index (κ1) is 15.6. The van der Waals surface area contributed by atoms with E-state index in [2.05, 4.69) is 4.99 Å². The monoisotopic (exact) mass is 332 g/mol. The number of benzene rings is 2. The van der Waals surface area contributed by atoms with Crippen molar-refractivity contribution < 1.29 is 14.9 Å². The maximum Gasteiger partial charge on any atom is 0.297 e. The van der Waals surface area contributed by atoms with Crippen molar-refractivity contribution in [3.63, 3.8) is 0 Å². The molecule has 2 aliphatic heterocycles. The summed E-state index contributed by atoms with van der Waals surface area (Å²) in [4.78, 5) is 4.50. The zero-order chi connectivity index (χ0) is 17.2. The SMILES string of the molecule is OCc1cccc(C2=N[N+]3=C(c4cccc(CO)c4)C=NC3C=C2)c1. The Balaban J connectivity index is 1.77. The van der Waals surface area contributed by atoms with Gasteiger partial charge in [0, 0.05) is 16.7 Å². The average molecular weight is 332 g/mol. The summed E-state index contributed by atoms with van der Waals surface area (Å²) in [5, 5.41) is 23.5. The summed E-state index contributed by atoms with van der Waals surface area (Å²) in [6, 6.07) is 15.5. The normalized spacial score (nSPS) is 18.5. The summed E-state index contributed by atoms with van der Waals surface area (Å²) >= 11 is 0. The Kier molecular flexibility index (Phi) is 4.09. The highest BCUT2D eigenvalue weighted by atomic mass is 16.3. The van der Waals surface area contributed by atoms with E-state index in [1.165, 1.54) is 0 Å². The Morgan fingerprint density at radius 1 is 0.920 bits per heavy atom. The molecule has 2 aromatic rings. The predicted molar refractivity (Wildman–Crippen MR) is 97.1 cm³/mol. The molecule has 2 N–H and O–H groups in total. The van der Waals surface area contributed by atoms with Crippen LogP contribution in [0.4, 0.5) is 0 Å². The molecule has 0 radical (unpaired) electrons. The minimum Gasteiger partial charge on any atom is -0.392 e. The van der Waals surface area contributed by atoms with Crippen LogP contribution in [0.5, 0.6) is 0 Å². The highest BCUT2D eigenvalue weighted by Crippen LogP contribution is 2.18. The summed E-state index contributed by atoms with van der Waals surface area (Å²) in [6.45, 7) is 0.00960. The third-order valence-electron chi connectivity index (χ3n) is 4.30. The molecular weight excluding hydrogens is 314 g/mol. The average Bonchev–Trinajstić information content (AvgIpc) is 3.11. The molecule has 4 rings (SSSR count). The summed E-state index contributed by atoms with van der Waals surface area (Å²) in [5.41, 5.74) is 5.37. The Labute approximate surface area is 145 Å². The van der Waals surface area contributed by atoms with Gasteiger partial charge in [-0.3, -0.25) is 0 Å². The van der Waals surface area contributed by atoms with Crippen molar-refractivity contribution in [1.82, 2.24) is 0 Å². The van der Waals surface area contributed by atoms with Gasteiger partial charge < -0.3 is 10.2 Å². The molecule has 1 unspecified atom stereocenters. The minimum atomic E-state index is -0.141. The van der Waals surface area contributed by atoms with Gasteiger partial charge in [-0.2, -0.15) is 0 Å². The Bertz CT molecular complexity index is 941. The van der Waals surface area contributed by atoms with E-state index in [0.717, 1.165) is 33.7 Å². The van der Waals surface area contributed by atoms with Gasteiger partial charge in [-0.1, -0.05) is 35.0 Å². The van der Waals surface area contributed by atoms with Crippen LogP contribution in [-0.2, 0) is 13.2 Å². The highest BCUT2D eigenvalue weighted by molar-refractivity contribution is 6.36. The van der Waals surface area contributed by atoms with Gasteiger partial charge in [0.1, 0.15) is 11.9 Å². The number of aliphatic hydroxyl groups excluding tert-OH is 2. The highest BCUT2D eigenvalue weighted by Gasteiger charge is 2.32. The quantitative estimate of drug-likeness (QED) is 0.839. The van der Waals surface area contributed by atoms with Crippen LogP contribution in [-0.4, -0.2) is 38.7 Å². The van der Waals surface area contributed by atoms with Crippen LogP contribution in [0.3, 0.4) is 0 Å². The second-order valence-electron chi connectivity index (χ2n) is 5.98. The smallest absolute Gasteiger partial charge is 0.297 e. The zero-order valence-corrected chi connectivity index (χ0v) is 13.6. The maximum absolute atomic E-state index is 9.36. The number of allylic oxidation sites excluding steroid dienone is 1. The van der Waals surface area contributed by atoms with E-state index in [-0.39, 0.29) is 19.4 Å². The molecule has 1 atom stereocenters. The molecule has 124 valence electrons. The van der Waals surface area contributed by atoms with Gasteiger partial charge in [-0.05, 0) is 35.4 Å². The van der Waals surface area contributed by atoms with Gasteiger partial charge in [-0.25, -0.2) is 4.99 Å². The largest absolute Gasteiger partial charge is 0.392 e. The third kappa shape index (κ3) is 2.95. The first-order chi connectivity index (χ1) is 12.3. The van der Waals surface area contributed by atoms with Crippen LogP contribution < -0.4 is 0 Å². The summed E-state index contributed by atoms with van der Waals surface area (Å²) in [5.74, 6) is 0. The van der Waals surface area contributed by atoms with E-state index in [1.54, 1.807) is 0 Å². The molecule has 2 aliphatic rings. The lowest BCUT2D eigenvalue weighted by atomic mass is 10.1. The fourth-order valence-corrected chi connectivity index (χ4v) is 3.00. The number of rotatable bonds is 4. The van der Waals surface area contributed by atoms with Gasteiger partial charge in [0.15, 0.2) is 0 Å². The summed E-state index contributed by atoms with van der Waals surface area (Å²) in [7, 11) is 0. The van der Waals surface area contributed by atoms with Crippen molar-refractivity contribution >= 4 is 17.6 Å². The fourth-order valence-electron chi connectivity index (χ4n) is 3.00. The number of nitrogens with zero attached hydrogens (tertiary/aromatic N) is 3. The van der Waals surface area contributed by atoms with Gasteiger partial charge in [0.05, 0.1) is 18.8 Å². The first-order valence-corrected chi connectivity index (χ1v) is 8.15. The summed E-state index contributed by atoms with van der Waals surface area (Å²) in [6.07, 6.45) is 5.65. The lowest BCUT2D eigenvalue weighted by molar-refractivity contribution is -0.553. The van der Waals surface area contributed by atoms with E-state index in [0.29, 0.717) is 0 Å². The molecule has 5 nitrogen and oxygen atoms in total. The molecule has 5 heteroatoms. The number of hydrogen-bond donors (Lipinski definition) is 2. The van der Waals surface area contributed by atoms with Gasteiger partial charge in [-0.15, -0.1) is 0 Å². The standard InChI is InChI=1S/C20H18N3O2/c24-12-14-3-1-5-16(9-14)18-7-8-20-21-11-19(23(20)22-18)17-6-2-4-15(10-17)13-25/h1-11,20,24-25H,12-13H2/q+1. The van der Waals surface area contributed by atoms with Crippen LogP contribution in [0.15, 0.2) is 70.8 Å². The zero-order valence-electron chi connectivity index (χ0n) is 13.6. The van der Waals surface area contributed by atoms with Gasteiger partial charge in [0.25, 0.3) is 11.9 Å². The number of aliphatic hydroxyl groups is 2. The molecule has 0 fully saturated rings. The molecule has 0 aliphatic carbocycles.